The van der Waals surface area contributed by atoms with E-state index >= 15 is 0 Å². The molecule has 6 heteroatoms. The number of nitrogens with zero attached hydrogens (tertiary/aromatic N) is 6. The van der Waals surface area contributed by atoms with Crippen molar-refractivity contribution in [1.29, 1.82) is 0 Å². The second kappa shape index (κ2) is 8.69. The third-order valence-corrected chi connectivity index (χ3v) is 5.63. The molecule has 1 saturated heterocycles. The molecule has 2 heterocycles. The van der Waals surface area contributed by atoms with Gasteiger partial charge in [-0.05, 0) is 43.5 Å². The number of rotatable bonds is 5. The first kappa shape index (κ1) is 20.1. The van der Waals surface area contributed by atoms with Crippen molar-refractivity contribution in [3.63, 3.8) is 0 Å². The average molecular weight is 403 g/mol. The molecule has 6 nitrogen and oxygen atoms in total. The summed E-state index contributed by atoms with van der Waals surface area (Å²) in [5.41, 5.74) is 6.10. The fraction of sp³-hybridized carbons (Fsp3) is 0.375. The highest BCUT2D eigenvalue weighted by atomic mass is 15.3. The Bertz CT molecular complexity index is 974. The van der Waals surface area contributed by atoms with Crippen molar-refractivity contribution in [3.05, 3.63) is 48.5 Å². The van der Waals surface area contributed by atoms with Gasteiger partial charge in [-0.1, -0.05) is 24.3 Å². The minimum atomic E-state index is 0.732. The summed E-state index contributed by atoms with van der Waals surface area (Å²) in [7, 11) is 8.18. The molecule has 1 fully saturated rings. The van der Waals surface area contributed by atoms with Crippen molar-refractivity contribution in [2.75, 3.05) is 56.0 Å². The first-order valence-electron chi connectivity index (χ1n) is 10.6. The van der Waals surface area contributed by atoms with Gasteiger partial charge in [-0.15, -0.1) is 10.2 Å². The summed E-state index contributed by atoms with van der Waals surface area (Å²) in [6, 6.07) is 16.9. The quantitative estimate of drug-likeness (QED) is 0.633. The van der Waals surface area contributed by atoms with Gasteiger partial charge in [0.25, 0.3) is 0 Å². The number of benzene rings is 2. The standard InChI is InChI=1S/C24H30N6/c1-28(2)20-12-8-18(9-13-20)22-23(19-10-14-21(15-11-19)29(3)4)26-27-24(25-22)30-16-6-5-7-17-30/h8-15H,5-7,16-17H2,1-4H3. The Labute approximate surface area is 179 Å². The lowest BCUT2D eigenvalue weighted by Crippen LogP contribution is -2.31. The van der Waals surface area contributed by atoms with E-state index in [1.165, 1.54) is 19.3 Å². The highest BCUT2D eigenvalue weighted by Crippen LogP contribution is 2.32. The maximum absolute atomic E-state index is 5.00. The largest absolute Gasteiger partial charge is 0.378 e. The van der Waals surface area contributed by atoms with Gasteiger partial charge in [0.2, 0.25) is 5.95 Å². The molecule has 0 unspecified atom stereocenters. The van der Waals surface area contributed by atoms with Crippen LogP contribution in [0.3, 0.4) is 0 Å². The molecule has 0 spiro atoms. The molecule has 0 radical (unpaired) electrons. The van der Waals surface area contributed by atoms with Crippen molar-refractivity contribution in [2.24, 2.45) is 0 Å². The lowest BCUT2D eigenvalue weighted by molar-refractivity contribution is 0.565. The Hall–Kier alpha value is -3.15. The van der Waals surface area contributed by atoms with Crippen molar-refractivity contribution in [1.82, 2.24) is 15.2 Å². The zero-order valence-electron chi connectivity index (χ0n) is 18.3. The van der Waals surface area contributed by atoms with Crippen molar-refractivity contribution in [3.8, 4) is 22.5 Å². The Balaban J connectivity index is 1.78. The predicted octanol–water partition coefficient (Wildman–Crippen LogP) is 4.33. The van der Waals surface area contributed by atoms with E-state index in [1.54, 1.807) is 0 Å². The molecule has 1 aliphatic rings. The predicted molar refractivity (Wildman–Crippen MR) is 125 cm³/mol. The molecule has 1 aliphatic heterocycles. The van der Waals surface area contributed by atoms with Crippen molar-refractivity contribution >= 4 is 17.3 Å². The lowest BCUT2D eigenvalue weighted by atomic mass is 10.0. The van der Waals surface area contributed by atoms with Gasteiger partial charge >= 0.3 is 0 Å². The molecule has 0 aliphatic carbocycles. The molecule has 4 rings (SSSR count). The smallest absolute Gasteiger partial charge is 0.245 e. The lowest BCUT2D eigenvalue weighted by Gasteiger charge is -2.26. The topological polar surface area (TPSA) is 48.4 Å². The molecule has 156 valence electrons. The number of hydrogen-bond donors (Lipinski definition) is 0. The van der Waals surface area contributed by atoms with Gasteiger partial charge in [0.05, 0.1) is 0 Å². The molecule has 2 aromatic carbocycles. The number of aromatic nitrogens is 3. The summed E-state index contributed by atoms with van der Waals surface area (Å²) in [5, 5.41) is 9.17. The van der Waals surface area contributed by atoms with Crippen LogP contribution in [-0.2, 0) is 0 Å². The van der Waals surface area contributed by atoms with Gasteiger partial charge in [0.15, 0.2) is 0 Å². The van der Waals surface area contributed by atoms with Crippen LogP contribution in [0.25, 0.3) is 22.5 Å². The van der Waals surface area contributed by atoms with Crippen LogP contribution in [0.4, 0.5) is 17.3 Å². The van der Waals surface area contributed by atoms with E-state index < -0.39 is 0 Å². The number of hydrogen-bond acceptors (Lipinski definition) is 6. The van der Waals surface area contributed by atoms with Crippen molar-refractivity contribution < 1.29 is 0 Å². The summed E-state index contributed by atoms with van der Waals surface area (Å²) in [6.45, 7) is 2.00. The van der Waals surface area contributed by atoms with E-state index in [2.05, 4.69) is 73.4 Å². The molecule has 30 heavy (non-hydrogen) atoms. The fourth-order valence-corrected chi connectivity index (χ4v) is 3.78. The SMILES string of the molecule is CN(C)c1ccc(-c2nnc(N3CCCCC3)nc2-c2ccc(N(C)C)cc2)cc1. The summed E-state index contributed by atoms with van der Waals surface area (Å²) in [4.78, 5) is 11.5. The maximum Gasteiger partial charge on any atom is 0.245 e. The minimum absolute atomic E-state index is 0.732. The van der Waals surface area contributed by atoms with E-state index in [-0.39, 0.29) is 0 Å². The Morgan fingerprint density at radius 3 is 1.63 bits per heavy atom. The molecule has 3 aromatic rings. The molecule has 0 N–H and O–H groups in total. The van der Waals surface area contributed by atoms with Crippen LogP contribution >= 0.6 is 0 Å². The summed E-state index contributed by atoms with van der Waals surface area (Å²) in [5.74, 6) is 0.732. The van der Waals surface area contributed by atoms with Gasteiger partial charge in [-0.3, -0.25) is 0 Å². The van der Waals surface area contributed by atoms with Crippen LogP contribution in [0.15, 0.2) is 48.5 Å². The number of piperidine rings is 1. The highest BCUT2D eigenvalue weighted by Gasteiger charge is 2.19. The molecular formula is C24H30N6. The Morgan fingerprint density at radius 2 is 1.13 bits per heavy atom. The average Bonchev–Trinajstić information content (AvgIpc) is 2.79. The summed E-state index contributed by atoms with van der Waals surface area (Å²) < 4.78 is 0. The second-order valence-electron chi connectivity index (χ2n) is 8.24. The molecule has 1 aromatic heterocycles. The molecule has 0 atom stereocenters. The first-order valence-corrected chi connectivity index (χ1v) is 10.6. The number of anilines is 3. The summed E-state index contributed by atoms with van der Waals surface area (Å²) in [6.07, 6.45) is 3.65. The van der Waals surface area contributed by atoms with Gasteiger partial charge < -0.3 is 14.7 Å². The van der Waals surface area contributed by atoms with Crippen LogP contribution in [0.2, 0.25) is 0 Å². The normalized spacial score (nSPS) is 13.9. The van der Waals surface area contributed by atoms with Gasteiger partial charge in [0, 0.05) is 63.8 Å². The minimum Gasteiger partial charge on any atom is -0.378 e. The summed E-state index contributed by atoms with van der Waals surface area (Å²) >= 11 is 0. The van der Waals surface area contributed by atoms with Crippen LogP contribution in [0.1, 0.15) is 19.3 Å². The van der Waals surface area contributed by atoms with E-state index in [0.717, 1.165) is 52.9 Å². The molecule has 0 bridgehead atoms. The van der Waals surface area contributed by atoms with Crippen LogP contribution in [-0.4, -0.2) is 56.5 Å². The maximum atomic E-state index is 5.00. The van der Waals surface area contributed by atoms with Crippen LogP contribution in [0, 0.1) is 0 Å². The van der Waals surface area contributed by atoms with Crippen LogP contribution in [0.5, 0.6) is 0 Å². The van der Waals surface area contributed by atoms with Gasteiger partial charge in [0.1, 0.15) is 11.4 Å². The van der Waals surface area contributed by atoms with Crippen molar-refractivity contribution in [2.45, 2.75) is 19.3 Å². The van der Waals surface area contributed by atoms with E-state index in [0.29, 0.717) is 0 Å². The van der Waals surface area contributed by atoms with Gasteiger partial charge in [-0.25, -0.2) is 4.98 Å². The zero-order chi connectivity index (χ0) is 21.1. The fourth-order valence-electron chi connectivity index (χ4n) is 3.78. The molecule has 0 saturated carbocycles. The monoisotopic (exact) mass is 402 g/mol. The van der Waals surface area contributed by atoms with E-state index in [1.807, 2.05) is 28.2 Å². The van der Waals surface area contributed by atoms with E-state index in [9.17, 15) is 0 Å². The molecule has 0 amide bonds. The highest BCUT2D eigenvalue weighted by molar-refractivity contribution is 5.79. The Morgan fingerprint density at radius 1 is 0.633 bits per heavy atom. The first-order chi connectivity index (χ1) is 14.5. The third-order valence-electron chi connectivity index (χ3n) is 5.63. The Kier molecular flexibility index (Phi) is 5.84. The zero-order valence-corrected chi connectivity index (χ0v) is 18.3. The third kappa shape index (κ3) is 4.22. The second-order valence-corrected chi connectivity index (χ2v) is 8.24. The molecular weight excluding hydrogens is 372 g/mol. The van der Waals surface area contributed by atoms with Gasteiger partial charge in [-0.2, -0.15) is 0 Å². The van der Waals surface area contributed by atoms with Crippen LogP contribution < -0.4 is 14.7 Å². The van der Waals surface area contributed by atoms with E-state index in [4.69, 9.17) is 4.98 Å².